The second-order valence-electron chi connectivity index (χ2n) is 6.72. The van der Waals surface area contributed by atoms with Gasteiger partial charge in [-0.1, -0.05) is 77.8 Å². The lowest BCUT2D eigenvalue weighted by atomic mass is 10.1. The van der Waals surface area contributed by atoms with Crippen molar-refractivity contribution in [3.63, 3.8) is 0 Å². The summed E-state index contributed by atoms with van der Waals surface area (Å²) in [5.41, 5.74) is 3.11. The van der Waals surface area contributed by atoms with Crippen molar-refractivity contribution in [2.45, 2.75) is 13.0 Å². The first kappa shape index (κ1) is 20.6. The summed E-state index contributed by atoms with van der Waals surface area (Å²) in [6.45, 7) is 0.465. The number of hydrogen-bond acceptors (Lipinski definition) is 3. The smallest absolute Gasteiger partial charge is 0.278 e. The number of amides is 1. The Balaban J connectivity index is 1.61. The van der Waals surface area contributed by atoms with Crippen LogP contribution in [0.4, 0.5) is 5.69 Å². The van der Waals surface area contributed by atoms with Gasteiger partial charge < -0.3 is 4.90 Å². The minimum absolute atomic E-state index is 0.141. The van der Waals surface area contributed by atoms with Crippen molar-refractivity contribution in [2.75, 3.05) is 4.90 Å². The van der Waals surface area contributed by atoms with E-state index in [1.165, 1.54) is 11.3 Å². The van der Waals surface area contributed by atoms with E-state index in [1.807, 2.05) is 66.7 Å². The van der Waals surface area contributed by atoms with E-state index >= 15 is 0 Å². The van der Waals surface area contributed by atoms with Gasteiger partial charge >= 0.3 is 0 Å². The van der Waals surface area contributed by atoms with Crippen LogP contribution in [0, 0.1) is 0 Å². The molecule has 3 nitrogen and oxygen atoms in total. The molecule has 150 valence electrons. The Morgan fingerprint density at radius 2 is 1.50 bits per heavy atom. The fourth-order valence-corrected chi connectivity index (χ4v) is 4.45. The SMILES string of the molecule is O=C(c1csc(Cc2c(Cl)cccc2Cl)n1)N(Cc1ccccc1)c1ccccc1. The number of carbonyl (C=O) groups is 1. The molecule has 0 aliphatic carbocycles. The Bertz CT molecular complexity index is 1130. The van der Waals surface area contributed by atoms with E-state index in [2.05, 4.69) is 4.98 Å². The standard InChI is InChI=1S/C24H18Cl2N2OS/c25-20-12-7-13-21(26)19(20)14-23-27-22(16-30-23)24(29)28(18-10-5-2-6-11-18)15-17-8-3-1-4-9-17/h1-13,16H,14-15H2. The van der Waals surface area contributed by atoms with Crippen LogP contribution < -0.4 is 4.90 Å². The lowest BCUT2D eigenvalue weighted by Gasteiger charge is -2.22. The number of benzene rings is 3. The van der Waals surface area contributed by atoms with Crippen LogP contribution in [-0.2, 0) is 13.0 Å². The van der Waals surface area contributed by atoms with E-state index in [0.717, 1.165) is 21.8 Å². The van der Waals surface area contributed by atoms with E-state index in [0.29, 0.717) is 28.7 Å². The van der Waals surface area contributed by atoms with E-state index in [1.54, 1.807) is 22.4 Å². The van der Waals surface area contributed by atoms with Crippen LogP contribution >= 0.6 is 34.5 Å². The number of thiazole rings is 1. The van der Waals surface area contributed by atoms with Crippen LogP contribution in [0.5, 0.6) is 0 Å². The van der Waals surface area contributed by atoms with Gasteiger partial charge in [-0.3, -0.25) is 4.79 Å². The van der Waals surface area contributed by atoms with E-state index in [9.17, 15) is 4.79 Å². The molecule has 0 N–H and O–H groups in total. The second-order valence-corrected chi connectivity index (χ2v) is 8.47. The fourth-order valence-electron chi connectivity index (χ4n) is 3.14. The quantitative estimate of drug-likeness (QED) is 0.319. The number of para-hydroxylation sites is 1. The lowest BCUT2D eigenvalue weighted by Crippen LogP contribution is -2.30. The molecular weight excluding hydrogens is 435 g/mol. The average molecular weight is 453 g/mol. The minimum atomic E-state index is -0.141. The van der Waals surface area contributed by atoms with Gasteiger partial charge in [0.05, 0.1) is 11.6 Å². The zero-order valence-corrected chi connectivity index (χ0v) is 18.3. The van der Waals surface area contributed by atoms with Gasteiger partial charge in [0.25, 0.3) is 5.91 Å². The molecule has 0 atom stereocenters. The molecule has 0 aliphatic rings. The zero-order valence-electron chi connectivity index (χ0n) is 16.0. The lowest BCUT2D eigenvalue weighted by molar-refractivity contribution is 0.0981. The predicted molar refractivity (Wildman–Crippen MR) is 125 cm³/mol. The maximum atomic E-state index is 13.4. The van der Waals surface area contributed by atoms with Crippen molar-refractivity contribution in [3.8, 4) is 0 Å². The third-order valence-electron chi connectivity index (χ3n) is 4.66. The number of anilines is 1. The minimum Gasteiger partial charge on any atom is -0.303 e. The van der Waals surface area contributed by atoms with Crippen molar-refractivity contribution in [2.24, 2.45) is 0 Å². The molecule has 1 amide bonds. The predicted octanol–water partition coefficient (Wildman–Crippen LogP) is 6.89. The summed E-state index contributed by atoms with van der Waals surface area (Å²) in [6.07, 6.45) is 0.487. The van der Waals surface area contributed by atoms with E-state index in [-0.39, 0.29) is 5.91 Å². The van der Waals surface area contributed by atoms with Crippen molar-refractivity contribution >= 4 is 46.1 Å². The summed E-state index contributed by atoms with van der Waals surface area (Å²) in [7, 11) is 0. The molecule has 0 saturated carbocycles. The van der Waals surface area contributed by atoms with Crippen molar-refractivity contribution in [1.29, 1.82) is 0 Å². The van der Waals surface area contributed by atoms with Gasteiger partial charge in [-0.05, 0) is 35.4 Å². The van der Waals surface area contributed by atoms with E-state index in [4.69, 9.17) is 23.2 Å². The molecule has 0 bridgehead atoms. The summed E-state index contributed by atoms with van der Waals surface area (Å²) in [4.78, 5) is 19.7. The van der Waals surface area contributed by atoms with Gasteiger partial charge in [-0.25, -0.2) is 4.98 Å². The number of carbonyl (C=O) groups excluding carboxylic acids is 1. The number of nitrogens with zero attached hydrogens (tertiary/aromatic N) is 2. The van der Waals surface area contributed by atoms with Crippen LogP contribution in [0.15, 0.2) is 84.2 Å². The summed E-state index contributed by atoms with van der Waals surface area (Å²) in [6, 6.07) is 25.0. The Hall–Kier alpha value is -2.66. The highest BCUT2D eigenvalue weighted by Gasteiger charge is 2.21. The molecule has 0 saturated heterocycles. The number of halogens is 2. The Kier molecular flexibility index (Phi) is 6.48. The third kappa shape index (κ3) is 4.73. The van der Waals surface area contributed by atoms with E-state index < -0.39 is 0 Å². The molecule has 1 heterocycles. The van der Waals surface area contributed by atoms with Crippen LogP contribution in [0.25, 0.3) is 0 Å². The molecule has 0 radical (unpaired) electrons. The third-order valence-corrected chi connectivity index (χ3v) is 6.21. The number of hydrogen-bond donors (Lipinski definition) is 0. The Morgan fingerprint density at radius 1 is 0.867 bits per heavy atom. The van der Waals surface area contributed by atoms with Gasteiger partial charge in [0.1, 0.15) is 5.69 Å². The first-order chi connectivity index (χ1) is 14.6. The highest BCUT2D eigenvalue weighted by molar-refractivity contribution is 7.09. The molecule has 4 rings (SSSR count). The van der Waals surface area contributed by atoms with Gasteiger partial charge in [0.2, 0.25) is 0 Å². The van der Waals surface area contributed by atoms with Crippen LogP contribution in [-0.4, -0.2) is 10.9 Å². The molecular formula is C24H18Cl2N2OS. The Labute approximate surface area is 189 Å². The average Bonchev–Trinajstić information content (AvgIpc) is 3.24. The maximum Gasteiger partial charge on any atom is 0.278 e. The highest BCUT2D eigenvalue weighted by Crippen LogP contribution is 2.28. The second kappa shape index (κ2) is 9.43. The summed E-state index contributed by atoms with van der Waals surface area (Å²) < 4.78 is 0. The van der Waals surface area contributed by atoms with Crippen LogP contribution in [0.1, 0.15) is 26.6 Å². The molecule has 30 heavy (non-hydrogen) atoms. The highest BCUT2D eigenvalue weighted by atomic mass is 35.5. The first-order valence-corrected chi connectivity index (χ1v) is 11.0. The Morgan fingerprint density at radius 3 is 2.17 bits per heavy atom. The molecule has 1 aromatic heterocycles. The molecule has 0 aliphatic heterocycles. The van der Waals surface area contributed by atoms with Crippen LogP contribution in [0.3, 0.4) is 0 Å². The maximum absolute atomic E-state index is 13.4. The molecule has 6 heteroatoms. The molecule has 4 aromatic rings. The van der Waals surface area contributed by atoms with Crippen molar-refractivity contribution in [3.05, 3.63) is 116 Å². The molecule has 3 aromatic carbocycles. The van der Waals surface area contributed by atoms with Gasteiger partial charge in [0.15, 0.2) is 0 Å². The topological polar surface area (TPSA) is 33.2 Å². The van der Waals surface area contributed by atoms with Crippen molar-refractivity contribution in [1.82, 2.24) is 4.98 Å². The van der Waals surface area contributed by atoms with Gasteiger partial charge in [-0.2, -0.15) is 0 Å². The number of rotatable bonds is 6. The monoisotopic (exact) mass is 452 g/mol. The first-order valence-electron chi connectivity index (χ1n) is 9.40. The van der Waals surface area contributed by atoms with Gasteiger partial charge in [0, 0.05) is 27.5 Å². The molecule has 0 unspecified atom stereocenters. The fraction of sp³-hybridized carbons (Fsp3) is 0.0833. The van der Waals surface area contributed by atoms with Crippen LogP contribution in [0.2, 0.25) is 10.0 Å². The largest absolute Gasteiger partial charge is 0.303 e. The zero-order chi connectivity index (χ0) is 20.9. The number of aromatic nitrogens is 1. The summed E-state index contributed by atoms with van der Waals surface area (Å²) >= 11 is 14.0. The van der Waals surface area contributed by atoms with Crippen molar-refractivity contribution < 1.29 is 4.79 Å². The normalized spacial score (nSPS) is 10.7. The molecule has 0 fully saturated rings. The summed E-state index contributed by atoms with van der Waals surface area (Å²) in [5, 5.41) is 3.78. The van der Waals surface area contributed by atoms with Gasteiger partial charge in [-0.15, -0.1) is 11.3 Å². The summed E-state index contributed by atoms with van der Waals surface area (Å²) in [5.74, 6) is -0.141. The molecule has 0 spiro atoms.